The van der Waals surface area contributed by atoms with Crippen LogP contribution < -0.4 is 10.6 Å². The Balaban J connectivity index is 1.91. The summed E-state index contributed by atoms with van der Waals surface area (Å²) in [6.07, 6.45) is 0. The largest absolute Gasteiger partial charge is 0.454 e. The molecular formula is C18H18ClFN2O4S. The molecule has 1 atom stereocenters. The minimum atomic E-state index is -0.901. The second kappa shape index (κ2) is 9.48. The first-order valence-corrected chi connectivity index (χ1v) is 9.29. The lowest BCUT2D eigenvalue weighted by molar-refractivity contribution is -0.150. The fourth-order valence-electron chi connectivity index (χ4n) is 2.12. The molecule has 2 aromatic rings. The van der Waals surface area contributed by atoms with Crippen molar-refractivity contribution in [1.29, 1.82) is 0 Å². The van der Waals surface area contributed by atoms with Crippen LogP contribution >= 0.6 is 22.9 Å². The van der Waals surface area contributed by atoms with Gasteiger partial charge in [-0.15, -0.1) is 11.3 Å². The Labute approximate surface area is 164 Å². The van der Waals surface area contributed by atoms with Crippen molar-refractivity contribution in [3.05, 3.63) is 51.4 Å². The summed E-state index contributed by atoms with van der Waals surface area (Å²) < 4.78 is 18.0. The van der Waals surface area contributed by atoms with Crippen LogP contribution in [-0.4, -0.2) is 30.4 Å². The Morgan fingerprint density at radius 3 is 2.59 bits per heavy atom. The van der Waals surface area contributed by atoms with E-state index in [4.69, 9.17) is 16.3 Å². The summed E-state index contributed by atoms with van der Waals surface area (Å²) in [5, 5.41) is 6.81. The van der Waals surface area contributed by atoms with E-state index in [0.717, 1.165) is 12.1 Å². The van der Waals surface area contributed by atoms with Crippen LogP contribution in [0.3, 0.4) is 0 Å². The minimum absolute atomic E-state index is 0.0259. The zero-order valence-corrected chi connectivity index (χ0v) is 16.2. The molecule has 1 heterocycles. The third kappa shape index (κ3) is 6.04. The first-order valence-electron chi connectivity index (χ1n) is 8.04. The van der Waals surface area contributed by atoms with Crippen molar-refractivity contribution in [2.24, 2.45) is 5.92 Å². The molecule has 0 saturated carbocycles. The molecule has 144 valence electrons. The second-order valence-electron chi connectivity index (χ2n) is 5.95. The van der Waals surface area contributed by atoms with Gasteiger partial charge in [-0.1, -0.05) is 31.5 Å². The number of rotatable bonds is 7. The third-order valence-electron chi connectivity index (χ3n) is 3.50. The van der Waals surface area contributed by atoms with Crippen LogP contribution in [-0.2, 0) is 14.3 Å². The van der Waals surface area contributed by atoms with Crippen LogP contribution in [0.25, 0.3) is 0 Å². The highest BCUT2D eigenvalue weighted by molar-refractivity contribution is 7.12. The van der Waals surface area contributed by atoms with E-state index in [1.54, 1.807) is 31.4 Å². The number of ether oxygens (including phenoxy) is 1. The Morgan fingerprint density at radius 1 is 1.26 bits per heavy atom. The van der Waals surface area contributed by atoms with Crippen molar-refractivity contribution in [2.75, 3.05) is 11.9 Å². The van der Waals surface area contributed by atoms with Gasteiger partial charge >= 0.3 is 5.97 Å². The van der Waals surface area contributed by atoms with E-state index < -0.39 is 30.3 Å². The number of carbonyl (C=O) groups excluding carboxylic acids is 3. The predicted molar refractivity (Wildman–Crippen MR) is 101 cm³/mol. The molecule has 0 saturated heterocycles. The first-order chi connectivity index (χ1) is 12.8. The number of hydrogen-bond acceptors (Lipinski definition) is 5. The first kappa shape index (κ1) is 20.9. The molecule has 0 unspecified atom stereocenters. The lowest BCUT2D eigenvalue weighted by Crippen LogP contribution is -2.45. The Bertz CT molecular complexity index is 827. The average Bonchev–Trinajstić information content (AvgIpc) is 3.14. The SMILES string of the molecule is CC(C)[C@H](NC(=O)c1cccs1)C(=O)OCC(=O)Nc1ccc(F)cc1Cl. The molecule has 2 N–H and O–H groups in total. The molecule has 9 heteroatoms. The molecule has 2 rings (SSSR count). The van der Waals surface area contributed by atoms with Crippen LogP contribution in [0.1, 0.15) is 23.5 Å². The molecule has 0 aliphatic carbocycles. The van der Waals surface area contributed by atoms with Crippen LogP contribution in [0.5, 0.6) is 0 Å². The zero-order chi connectivity index (χ0) is 20.0. The van der Waals surface area contributed by atoms with E-state index in [1.807, 2.05) is 0 Å². The normalized spacial score (nSPS) is 11.7. The molecule has 0 aliphatic rings. The number of halogens is 2. The summed E-state index contributed by atoms with van der Waals surface area (Å²) in [5.74, 6) is -2.52. The van der Waals surface area contributed by atoms with E-state index in [9.17, 15) is 18.8 Å². The highest BCUT2D eigenvalue weighted by Crippen LogP contribution is 2.22. The van der Waals surface area contributed by atoms with Crippen LogP contribution in [0.2, 0.25) is 5.02 Å². The summed E-state index contributed by atoms with van der Waals surface area (Å²) >= 11 is 7.08. The summed E-state index contributed by atoms with van der Waals surface area (Å²) in [7, 11) is 0. The van der Waals surface area contributed by atoms with Crippen molar-refractivity contribution < 1.29 is 23.5 Å². The lowest BCUT2D eigenvalue weighted by Gasteiger charge is -2.20. The van der Waals surface area contributed by atoms with Crippen molar-refractivity contribution in [1.82, 2.24) is 5.32 Å². The maximum absolute atomic E-state index is 13.0. The van der Waals surface area contributed by atoms with Gasteiger partial charge in [0.25, 0.3) is 11.8 Å². The van der Waals surface area contributed by atoms with Gasteiger partial charge in [0.15, 0.2) is 6.61 Å². The van der Waals surface area contributed by atoms with Crippen molar-refractivity contribution in [3.8, 4) is 0 Å². The topological polar surface area (TPSA) is 84.5 Å². The molecule has 1 aromatic heterocycles. The lowest BCUT2D eigenvalue weighted by atomic mass is 10.0. The fraction of sp³-hybridized carbons (Fsp3) is 0.278. The van der Waals surface area contributed by atoms with E-state index in [2.05, 4.69) is 10.6 Å². The van der Waals surface area contributed by atoms with E-state index in [-0.39, 0.29) is 22.5 Å². The summed E-state index contributed by atoms with van der Waals surface area (Å²) in [6, 6.07) is 5.97. The molecule has 0 fully saturated rings. The molecule has 6 nitrogen and oxygen atoms in total. The highest BCUT2D eigenvalue weighted by Gasteiger charge is 2.27. The molecule has 2 amide bonds. The minimum Gasteiger partial charge on any atom is -0.454 e. The number of benzene rings is 1. The molecular weight excluding hydrogens is 395 g/mol. The van der Waals surface area contributed by atoms with Crippen LogP contribution in [0.4, 0.5) is 10.1 Å². The maximum Gasteiger partial charge on any atom is 0.329 e. The van der Waals surface area contributed by atoms with Gasteiger partial charge in [-0.3, -0.25) is 9.59 Å². The molecule has 0 bridgehead atoms. The molecule has 0 radical (unpaired) electrons. The maximum atomic E-state index is 13.0. The fourth-order valence-corrected chi connectivity index (χ4v) is 2.96. The predicted octanol–water partition coefficient (Wildman–Crippen LogP) is 3.48. The Morgan fingerprint density at radius 2 is 2.00 bits per heavy atom. The Kier molecular flexibility index (Phi) is 7.32. The average molecular weight is 413 g/mol. The number of esters is 1. The number of carbonyl (C=O) groups is 3. The van der Waals surface area contributed by atoms with E-state index in [0.29, 0.717) is 4.88 Å². The second-order valence-corrected chi connectivity index (χ2v) is 7.31. The van der Waals surface area contributed by atoms with Gasteiger partial charge in [0.05, 0.1) is 15.6 Å². The number of amides is 2. The smallest absolute Gasteiger partial charge is 0.329 e. The molecule has 0 spiro atoms. The Hall–Kier alpha value is -2.45. The molecule has 27 heavy (non-hydrogen) atoms. The molecule has 0 aliphatic heterocycles. The standard InChI is InChI=1S/C18H18ClFN2O4S/c1-10(2)16(22-17(24)14-4-3-7-27-14)18(25)26-9-15(23)21-13-6-5-11(20)8-12(13)19/h3-8,10,16H,9H2,1-2H3,(H,21,23)(H,22,24)/t16-/m0/s1. The monoisotopic (exact) mass is 412 g/mol. The van der Waals surface area contributed by atoms with Crippen molar-refractivity contribution in [3.63, 3.8) is 0 Å². The highest BCUT2D eigenvalue weighted by atomic mass is 35.5. The van der Waals surface area contributed by atoms with Crippen LogP contribution in [0.15, 0.2) is 35.7 Å². The van der Waals surface area contributed by atoms with E-state index in [1.165, 1.54) is 17.4 Å². The van der Waals surface area contributed by atoms with Gasteiger partial charge < -0.3 is 15.4 Å². The number of nitrogens with one attached hydrogen (secondary N) is 2. The van der Waals surface area contributed by atoms with Gasteiger partial charge in [-0.2, -0.15) is 0 Å². The quantitative estimate of drug-likeness (QED) is 0.682. The van der Waals surface area contributed by atoms with E-state index >= 15 is 0 Å². The number of thiophene rings is 1. The van der Waals surface area contributed by atoms with Gasteiger partial charge in [0, 0.05) is 0 Å². The number of hydrogen-bond donors (Lipinski definition) is 2. The van der Waals surface area contributed by atoms with Gasteiger partial charge in [0.2, 0.25) is 0 Å². The van der Waals surface area contributed by atoms with Crippen LogP contribution in [0, 0.1) is 11.7 Å². The van der Waals surface area contributed by atoms with Gasteiger partial charge in [-0.25, -0.2) is 9.18 Å². The van der Waals surface area contributed by atoms with Crippen molar-refractivity contribution in [2.45, 2.75) is 19.9 Å². The van der Waals surface area contributed by atoms with Gasteiger partial charge in [-0.05, 0) is 35.6 Å². The third-order valence-corrected chi connectivity index (χ3v) is 4.68. The molecule has 1 aromatic carbocycles. The van der Waals surface area contributed by atoms with Gasteiger partial charge in [0.1, 0.15) is 11.9 Å². The number of anilines is 1. The zero-order valence-electron chi connectivity index (χ0n) is 14.6. The summed E-state index contributed by atoms with van der Waals surface area (Å²) in [6.45, 7) is 2.93. The summed E-state index contributed by atoms with van der Waals surface area (Å²) in [4.78, 5) is 36.8. The van der Waals surface area contributed by atoms with Crippen molar-refractivity contribution >= 4 is 46.4 Å². The summed E-state index contributed by atoms with van der Waals surface area (Å²) in [5.41, 5.74) is 0.200.